The third-order valence-electron chi connectivity index (χ3n) is 4.95. The minimum atomic E-state index is 0.152. The van der Waals surface area contributed by atoms with Crippen LogP contribution in [0.2, 0.25) is 5.02 Å². The smallest absolute Gasteiger partial charge is 0.190 e. The summed E-state index contributed by atoms with van der Waals surface area (Å²) in [4.78, 5) is 4.35. The van der Waals surface area contributed by atoms with Gasteiger partial charge in [0.25, 0.3) is 0 Å². The Labute approximate surface area is 167 Å². The molecule has 3 rings (SSSR count). The molecule has 0 amide bonds. The van der Waals surface area contributed by atoms with Gasteiger partial charge in [-0.2, -0.15) is 0 Å². The van der Waals surface area contributed by atoms with Gasteiger partial charge in [0, 0.05) is 37.7 Å². The van der Waals surface area contributed by atoms with Crippen molar-refractivity contribution in [3.63, 3.8) is 0 Å². The molecule has 1 saturated heterocycles. The molecule has 27 heavy (non-hydrogen) atoms. The predicted molar refractivity (Wildman–Crippen MR) is 112 cm³/mol. The Bertz CT molecular complexity index is 718. The third-order valence-corrected chi connectivity index (χ3v) is 5.20. The second-order valence-electron chi connectivity index (χ2n) is 6.86. The lowest BCUT2D eigenvalue weighted by atomic mass is 9.89. The van der Waals surface area contributed by atoms with Crippen LogP contribution in [-0.4, -0.2) is 32.7 Å². The summed E-state index contributed by atoms with van der Waals surface area (Å²) in [5, 5.41) is 7.63. The van der Waals surface area contributed by atoms with E-state index in [2.05, 4.69) is 52.0 Å². The third kappa shape index (κ3) is 5.98. The highest BCUT2D eigenvalue weighted by atomic mass is 35.5. The number of nitrogens with one attached hydrogen (secondary N) is 2. The number of nitrogens with zero attached hydrogens (tertiary/aromatic N) is 1. The van der Waals surface area contributed by atoms with Crippen LogP contribution in [0.5, 0.6) is 0 Å². The summed E-state index contributed by atoms with van der Waals surface area (Å²) < 4.78 is 6.08. The van der Waals surface area contributed by atoms with Gasteiger partial charge >= 0.3 is 0 Å². The Morgan fingerprint density at radius 2 is 1.89 bits per heavy atom. The molecule has 2 atom stereocenters. The Kier molecular flexibility index (Phi) is 7.55. The van der Waals surface area contributed by atoms with Crippen molar-refractivity contribution in [2.45, 2.75) is 25.4 Å². The van der Waals surface area contributed by atoms with Crippen molar-refractivity contribution in [1.82, 2.24) is 10.6 Å². The second-order valence-corrected chi connectivity index (χ2v) is 7.30. The summed E-state index contributed by atoms with van der Waals surface area (Å²) in [5.41, 5.74) is 2.52. The number of guanidine groups is 1. The van der Waals surface area contributed by atoms with Crippen LogP contribution in [0.1, 0.15) is 30.1 Å². The number of aliphatic imine (C=N–C) groups is 1. The van der Waals surface area contributed by atoms with Crippen molar-refractivity contribution in [2.24, 2.45) is 10.9 Å². The van der Waals surface area contributed by atoms with Crippen LogP contribution in [0.4, 0.5) is 0 Å². The first-order valence-electron chi connectivity index (χ1n) is 9.62. The zero-order valence-corrected chi connectivity index (χ0v) is 16.6. The van der Waals surface area contributed by atoms with Gasteiger partial charge in [-0.05, 0) is 42.5 Å². The number of ether oxygens (including phenoxy) is 1. The molecule has 1 aliphatic heterocycles. The molecule has 144 valence electrons. The molecule has 0 radical (unpaired) electrons. The molecule has 0 spiro atoms. The zero-order valence-electron chi connectivity index (χ0n) is 15.8. The molecule has 2 aromatic rings. The fourth-order valence-electron chi connectivity index (χ4n) is 3.49. The van der Waals surface area contributed by atoms with Gasteiger partial charge in [0.05, 0.1) is 6.10 Å². The largest absolute Gasteiger partial charge is 0.373 e. The van der Waals surface area contributed by atoms with Gasteiger partial charge in [0.2, 0.25) is 0 Å². The molecule has 2 aromatic carbocycles. The molecule has 2 unspecified atom stereocenters. The van der Waals surface area contributed by atoms with Crippen molar-refractivity contribution in [2.75, 3.05) is 26.7 Å². The summed E-state index contributed by atoms with van der Waals surface area (Å²) in [7, 11) is 1.81. The van der Waals surface area contributed by atoms with Gasteiger partial charge in [-0.25, -0.2) is 0 Å². The Hall–Kier alpha value is -2.04. The minimum absolute atomic E-state index is 0.152. The monoisotopic (exact) mass is 385 g/mol. The molecule has 0 aliphatic carbocycles. The molecule has 1 heterocycles. The molecule has 2 N–H and O–H groups in total. The predicted octanol–water partition coefficient (Wildman–Crippen LogP) is 4.22. The summed E-state index contributed by atoms with van der Waals surface area (Å²) in [6.07, 6.45) is 3.35. The van der Waals surface area contributed by atoms with Gasteiger partial charge in [-0.1, -0.05) is 54.1 Å². The maximum Gasteiger partial charge on any atom is 0.190 e. The second kappa shape index (κ2) is 10.3. The normalized spacial score (nSPS) is 20.3. The SMILES string of the molecule is CN=C(NCCc1ccc(Cl)cc1)NCC1CCCOC1c1ccccc1. The van der Waals surface area contributed by atoms with Gasteiger partial charge < -0.3 is 15.4 Å². The first-order valence-corrected chi connectivity index (χ1v) is 9.99. The Balaban J connectivity index is 1.48. The lowest BCUT2D eigenvalue weighted by molar-refractivity contribution is -0.0265. The van der Waals surface area contributed by atoms with Crippen molar-refractivity contribution in [3.05, 3.63) is 70.7 Å². The van der Waals surface area contributed by atoms with Crippen LogP contribution in [0.3, 0.4) is 0 Å². The van der Waals surface area contributed by atoms with E-state index in [4.69, 9.17) is 16.3 Å². The van der Waals surface area contributed by atoms with Crippen LogP contribution in [0.25, 0.3) is 0 Å². The Morgan fingerprint density at radius 3 is 2.63 bits per heavy atom. The number of halogens is 1. The van der Waals surface area contributed by atoms with Gasteiger partial charge in [-0.15, -0.1) is 0 Å². The summed E-state index contributed by atoms with van der Waals surface area (Å²) in [6.45, 7) is 2.51. The van der Waals surface area contributed by atoms with Crippen LogP contribution in [0.15, 0.2) is 59.6 Å². The number of benzene rings is 2. The highest BCUT2D eigenvalue weighted by molar-refractivity contribution is 6.30. The van der Waals surface area contributed by atoms with Crippen molar-refractivity contribution in [3.8, 4) is 0 Å². The maximum absolute atomic E-state index is 6.08. The first-order chi connectivity index (χ1) is 13.3. The van der Waals surface area contributed by atoms with E-state index in [1.54, 1.807) is 0 Å². The fraction of sp³-hybridized carbons (Fsp3) is 0.409. The van der Waals surface area contributed by atoms with Crippen LogP contribution < -0.4 is 10.6 Å². The molecule has 5 heteroatoms. The molecule has 0 saturated carbocycles. The molecular weight excluding hydrogens is 358 g/mol. The van der Waals surface area contributed by atoms with E-state index in [1.807, 2.05) is 25.2 Å². The molecule has 4 nitrogen and oxygen atoms in total. The highest BCUT2D eigenvalue weighted by Crippen LogP contribution is 2.32. The van der Waals surface area contributed by atoms with Crippen LogP contribution in [-0.2, 0) is 11.2 Å². The van der Waals surface area contributed by atoms with Crippen molar-refractivity contribution >= 4 is 17.6 Å². The quantitative estimate of drug-likeness (QED) is 0.578. The van der Waals surface area contributed by atoms with E-state index in [0.717, 1.165) is 49.9 Å². The van der Waals surface area contributed by atoms with E-state index in [1.165, 1.54) is 11.1 Å². The van der Waals surface area contributed by atoms with E-state index >= 15 is 0 Å². The molecule has 0 bridgehead atoms. The van der Waals surface area contributed by atoms with E-state index in [-0.39, 0.29) is 6.10 Å². The van der Waals surface area contributed by atoms with Gasteiger partial charge in [-0.3, -0.25) is 4.99 Å². The molecule has 1 fully saturated rings. The topological polar surface area (TPSA) is 45.7 Å². The molecule has 1 aliphatic rings. The van der Waals surface area contributed by atoms with E-state index in [9.17, 15) is 0 Å². The molecular formula is C22H28ClN3O. The lowest BCUT2D eigenvalue weighted by Gasteiger charge is -2.32. The maximum atomic E-state index is 6.08. The molecule has 0 aromatic heterocycles. The number of rotatable bonds is 6. The minimum Gasteiger partial charge on any atom is -0.373 e. The summed E-state index contributed by atoms with van der Waals surface area (Å²) in [6, 6.07) is 18.5. The zero-order chi connectivity index (χ0) is 18.9. The summed E-state index contributed by atoms with van der Waals surface area (Å²) in [5.74, 6) is 1.28. The van der Waals surface area contributed by atoms with Crippen LogP contribution in [0, 0.1) is 5.92 Å². The first kappa shape index (κ1) is 19.7. The van der Waals surface area contributed by atoms with Gasteiger partial charge in [0.1, 0.15) is 0 Å². The van der Waals surface area contributed by atoms with Crippen molar-refractivity contribution < 1.29 is 4.74 Å². The van der Waals surface area contributed by atoms with E-state index < -0.39 is 0 Å². The Morgan fingerprint density at radius 1 is 1.11 bits per heavy atom. The average molecular weight is 386 g/mol. The van der Waals surface area contributed by atoms with Crippen LogP contribution >= 0.6 is 11.6 Å². The summed E-state index contributed by atoms with van der Waals surface area (Å²) >= 11 is 5.93. The highest BCUT2D eigenvalue weighted by Gasteiger charge is 2.27. The number of hydrogen-bond acceptors (Lipinski definition) is 2. The standard InChI is InChI=1S/C22H28ClN3O/c1-24-22(25-14-13-17-9-11-20(23)12-10-17)26-16-19-8-5-15-27-21(19)18-6-3-2-4-7-18/h2-4,6-7,9-12,19,21H,5,8,13-16H2,1H3,(H2,24,25,26). The fourth-order valence-corrected chi connectivity index (χ4v) is 3.61. The van der Waals surface area contributed by atoms with E-state index in [0.29, 0.717) is 5.92 Å². The van der Waals surface area contributed by atoms with Gasteiger partial charge in [0.15, 0.2) is 5.96 Å². The van der Waals surface area contributed by atoms with Crippen molar-refractivity contribution in [1.29, 1.82) is 0 Å². The number of hydrogen-bond donors (Lipinski definition) is 2. The lowest BCUT2D eigenvalue weighted by Crippen LogP contribution is -2.42. The average Bonchev–Trinajstić information content (AvgIpc) is 2.73.